The number of nitrogens with zero attached hydrogens (tertiary/aromatic N) is 12. The van der Waals surface area contributed by atoms with E-state index in [9.17, 15) is 34.8 Å². The van der Waals surface area contributed by atoms with Gasteiger partial charge in [-0.3, -0.25) is 9.59 Å². The first kappa shape index (κ1) is 95.5. The number of nitrogens with two attached hydrogens (primary N) is 3. The maximum Gasteiger partial charge on any atom is 0.407 e. The van der Waals surface area contributed by atoms with Gasteiger partial charge >= 0.3 is 12.1 Å². The lowest BCUT2D eigenvalue weighted by Crippen LogP contribution is -2.32. The molecule has 0 bridgehead atoms. The number of oxime groups is 3. The van der Waals surface area contributed by atoms with Gasteiger partial charge in [-0.1, -0.05) is 139 Å². The lowest BCUT2D eigenvalue weighted by Gasteiger charge is -2.19. The van der Waals surface area contributed by atoms with E-state index in [4.69, 9.17) is 75.9 Å². The molecule has 4 aromatic heterocycles. The van der Waals surface area contributed by atoms with Crippen molar-refractivity contribution in [2.45, 2.75) is 150 Å². The van der Waals surface area contributed by atoms with Crippen LogP contribution >= 0.6 is 12.4 Å². The molecule has 35 nitrogen and oxygen atoms in total. The number of ether oxygens (including phenoxy) is 2. The first-order valence-electron chi connectivity index (χ1n) is 33.3. The second-order valence-corrected chi connectivity index (χ2v) is 26.9. The number of benzene rings is 6. The number of aromatic nitrogens is 8. The summed E-state index contributed by atoms with van der Waals surface area (Å²) in [4.78, 5) is 57.9. The second-order valence-electron chi connectivity index (χ2n) is 26.9. The number of aliphatic carboxylic acids is 1. The Morgan fingerprint density at radius 1 is 0.527 bits per heavy atom. The fourth-order valence-corrected chi connectivity index (χ4v) is 8.00. The standard InChI is InChI=1S/C17H23N3O4.C12H13N3O3.2C12H15N3O2.C8H9N3O2.C8H5NO.C5H10O3.C2H4O2.ClH/c1-16(2,3)23-15(21)18-10-11-7-6-8-12(9-11)13-19-14(24-20-13)17(4,5)22;1-12(2,16)11-14-10(15-18-11)9-5-3-4-8(6-9)7-13-17;2*1-12(2,16)11-14-10(15-17-11)9-5-3-4-8(6-9)7-13;9-8(11-13)7-3-1-2-6(4-7)5-10-12;9-5-7-2-1-3-8(4-7)6-10;1-5(2,7)4(6)8-3;1-2(3)4;/h6-9,22H,10H2,1-5H3,(H,18,21);3-7,16-17H,1-2H3;2*3-6,16H,7,13H2,1-2H3;1-5,12-13H,(H2,9,11);1-4,6H;7H,1-3H3;1H3,(H,3,4);1H/b;13-7+;;;10-5+;;;;. The summed E-state index contributed by atoms with van der Waals surface area (Å²) in [7, 11) is 1.24. The Balaban J connectivity index is 0.000000448. The molecule has 0 saturated carbocycles. The zero-order chi connectivity index (χ0) is 83.5. The first-order valence-corrected chi connectivity index (χ1v) is 33.3. The number of rotatable bonds is 17. The predicted octanol–water partition coefficient (Wildman–Crippen LogP) is 10.0. The Bertz CT molecular complexity index is 4620. The van der Waals surface area contributed by atoms with Crippen molar-refractivity contribution in [2.24, 2.45) is 32.7 Å². The van der Waals surface area contributed by atoms with Crippen LogP contribution in [0.4, 0.5) is 4.79 Å². The lowest BCUT2D eigenvalue weighted by molar-refractivity contribution is -0.158. The van der Waals surface area contributed by atoms with E-state index in [2.05, 4.69) is 66.1 Å². The Kier molecular flexibility index (Phi) is 38.2. The minimum Gasteiger partial charge on any atom is -0.481 e. The molecule has 0 aliphatic rings. The van der Waals surface area contributed by atoms with E-state index < -0.39 is 51.6 Å². The molecule has 16 N–H and O–H groups in total. The summed E-state index contributed by atoms with van der Waals surface area (Å²) in [5, 5.41) is 116. The van der Waals surface area contributed by atoms with Crippen LogP contribution in [0.1, 0.15) is 170 Å². The van der Waals surface area contributed by atoms with Crippen LogP contribution in [0.2, 0.25) is 0 Å². The zero-order valence-electron chi connectivity index (χ0n) is 64.3. The van der Waals surface area contributed by atoms with E-state index in [-0.39, 0.29) is 41.8 Å². The van der Waals surface area contributed by atoms with Crippen LogP contribution < -0.4 is 22.5 Å². The maximum atomic E-state index is 11.7. The number of esters is 1. The predicted molar refractivity (Wildman–Crippen MR) is 412 cm³/mol. The number of aldehydes is 1. The van der Waals surface area contributed by atoms with Crippen molar-refractivity contribution in [3.8, 4) is 51.6 Å². The van der Waals surface area contributed by atoms with Gasteiger partial charge in [0.05, 0.1) is 31.2 Å². The van der Waals surface area contributed by atoms with Gasteiger partial charge in [-0.2, -0.15) is 25.2 Å². The van der Waals surface area contributed by atoms with Crippen LogP contribution in [0.3, 0.4) is 0 Å². The third-order valence-corrected chi connectivity index (χ3v) is 13.3. The van der Waals surface area contributed by atoms with Crippen molar-refractivity contribution < 1.29 is 93.0 Å². The molecule has 112 heavy (non-hydrogen) atoms. The number of amidine groups is 1. The van der Waals surface area contributed by atoms with Gasteiger partial charge in [-0.05, 0) is 160 Å². The number of halogens is 1. The van der Waals surface area contributed by atoms with E-state index in [1.54, 1.807) is 128 Å². The molecule has 6 aromatic carbocycles. The van der Waals surface area contributed by atoms with Crippen LogP contribution in [0.25, 0.3) is 45.6 Å². The fraction of sp³-hybridized carbons (Fsp3) is 0.316. The summed E-state index contributed by atoms with van der Waals surface area (Å²) < 4.78 is 29.5. The van der Waals surface area contributed by atoms with Crippen LogP contribution in [-0.2, 0) is 61.1 Å². The quantitative estimate of drug-likeness (QED) is 0.0101. The van der Waals surface area contributed by atoms with Crippen molar-refractivity contribution in [1.29, 1.82) is 5.26 Å². The van der Waals surface area contributed by atoms with E-state index in [1.807, 2.05) is 99.6 Å². The van der Waals surface area contributed by atoms with Gasteiger partial charge in [0, 0.05) is 59.9 Å². The monoisotopic (exact) mass is 1570 g/mol. The Morgan fingerprint density at radius 2 is 0.866 bits per heavy atom. The van der Waals surface area contributed by atoms with Gasteiger partial charge < -0.3 is 96.3 Å². The first-order chi connectivity index (χ1) is 51.9. The summed E-state index contributed by atoms with van der Waals surface area (Å²) in [6.45, 7) is 23.2. The molecular formula is C76H95ClN16O19. The number of methoxy groups -OCH3 is 1. The van der Waals surface area contributed by atoms with Crippen molar-refractivity contribution in [1.82, 2.24) is 45.9 Å². The summed E-state index contributed by atoms with van der Waals surface area (Å²) in [6, 6.07) is 44.9. The number of nitrogens with one attached hydrogen (secondary N) is 1. The van der Waals surface area contributed by atoms with Crippen LogP contribution in [0, 0.1) is 11.3 Å². The highest BCUT2D eigenvalue weighted by Gasteiger charge is 2.29. The SMILES string of the molecule is CC(=O)O.CC(C)(C)OC(=O)NCc1cccc(-c2noc(C(C)(C)O)n2)c1.CC(C)(O)c1nc(-c2cccc(/C=N/O)c2)no1.CC(C)(O)c1nc(-c2cccc(CN)c2)no1.CC(C)(O)c1nc(-c2cccc(CN)c2)no1.COC(=O)C(C)(C)O.Cl.N#Cc1cccc(C=O)c1.N/C(=N\O)c1cccc(/C=N/O)c1. The van der Waals surface area contributed by atoms with Gasteiger partial charge in [-0.25, -0.2) is 9.59 Å². The lowest BCUT2D eigenvalue weighted by atomic mass is 10.1. The molecule has 0 spiro atoms. The maximum absolute atomic E-state index is 11.7. The third-order valence-electron chi connectivity index (χ3n) is 13.3. The second kappa shape index (κ2) is 44.8. The van der Waals surface area contributed by atoms with Gasteiger partial charge in [-0.15, -0.1) is 12.4 Å². The molecule has 0 fully saturated rings. The van der Waals surface area contributed by atoms with Gasteiger partial charge in [0.25, 0.3) is 29.5 Å². The highest BCUT2D eigenvalue weighted by Crippen LogP contribution is 2.27. The van der Waals surface area contributed by atoms with Crippen LogP contribution in [-0.4, -0.2) is 148 Å². The smallest absolute Gasteiger partial charge is 0.407 e. The molecule has 10 rings (SSSR count). The molecule has 600 valence electrons. The highest BCUT2D eigenvalue weighted by molar-refractivity contribution is 5.98. The van der Waals surface area contributed by atoms with E-state index in [0.29, 0.717) is 76.3 Å². The van der Waals surface area contributed by atoms with E-state index in [1.165, 1.54) is 33.4 Å². The molecule has 0 aliphatic heterocycles. The summed E-state index contributed by atoms with van der Waals surface area (Å²) in [6.07, 6.45) is 2.81. The number of carbonyl (C=O) groups excluding carboxylic acids is 3. The molecule has 36 heteroatoms. The molecule has 4 heterocycles. The largest absolute Gasteiger partial charge is 0.481 e. The number of aliphatic hydroxyl groups is 5. The number of carboxylic acids is 1. The number of carboxylic acid groups (broad SMARTS) is 1. The molecule has 0 atom stereocenters. The average Bonchev–Trinajstić information content (AvgIpc) is 1.72. The number of amides is 1. The zero-order valence-corrected chi connectivity index (χ0v) is 65.1. The number of hydrogen-bond donors (Lipinski definition) is 13. The minimum absolute atomic E-state index is 0. The molecule has 0 aliphatic carbocycles. The van der Waals surface area contributed by atoms with Crippen LogP contribution in [0.5, 0.6) is 0 Å². The molecule has 0 unspecified atom stereocenters. The summed E-state index contributed by atoms with van der Waals surface area (Å²) >= 11 is 0. The van der Waals surface area contributed by atoms with Gasteiger partial charge in [0.1, 0.15) is 34.3 Å². The summed E-state index contributed by atoms with van der Waals surface area (Å²) in [5.74, 6) is 0.942. The minimum atomic E-state index is -1.35. The topological polar surface area (TPSA) is 575 Å². The molecule has 1 amide bonds. The van der Waals surface area contributed by atoms with Gasteiger partial charge in [0.15, 0.2) is 11.4 Å². The number of nitriles is 1. The molecule has 0 radical (unpaired) electrons. The highest BCUT2D eigenvalue weighted by atomic mass is 35.5. The van der Waals surface area contributed by atoms with Crippen LogP contribution in [0.15, 0.2) is 179 Å². The Labute approximate surface area is 651 Å². The van der Waals surface area contributed by atoms with Crippen molar-refractivity contribution >= 4 is 55.0 Å². The van der Waals surface area contributed by atoms with E-state index >= 15 is 0 Å². The fourth-order valence-electron chi connectivity index (χ4n) is 8.00. The molecule has 0 saturated heterocycles. The number of carbonyl (C=O) groups is 4. The van der Waals surface area contributed by atoms with Gasteiger partial charge in [0.2, 0.25) is 23.3 Å². The van der Waals surface area contributed by atoms with Crippen molar-refractivity contribution in [3.05, 3.63) is 214 Å². The number of hydrogen-bond acceptors (Lipinski definition) is 32. The molecular weight excluding hydrogens is 1480 g/mol. The summed E-state index contributed by atoms with van der Waals surface area (Å²) in [5.41, 5.74) is 19.0. The third kappa shape index (κ3) is 34.8. The van der Waals surface area contributed by atoms with Crippen molar-refractivity contribution in [3.63, 3.8) is 0 Å². The number of alkyl carbamates (subject to hydrolysis) is 1. The Hall–Kier alpha value is -12.5. The van der Waals surface area contributed by atoms with Crippen molar-refractivity contribution in [2.75, 3.05) is 7.11 Å². The Morgan fingerprint density at radius 3 is 1.18 bits per heavy atom. The average molecular weight is 1570 g/mol. The van der Waals surface area contributed by atoms with E-state index in [0.717, 1.165) is 46.6 Å². The normalized spacial score (nSPS) is 11.3. The molecule has 10 aromatic rings.